The maximum atomic E-state index is 12.6. The molecule has 0 aliphatic carbocycles. The van der Waals surface area contributed by atoms with E-state index in [0.29, 0.717) is 13.1 Å². The summed E-state index contributed by atoms with van der Waals surface area (Å²) in [4.78, 5) is 26.7. The Labute approximate surface area is 160 Å². The van der Waals surface area contributed by atoms with Crippen molar-refractivity contribution < 1.29 is 14.3 Å². The zero-order valence-electron chi connectivity index (χ0n) is 16.1. The molecule has 1 aliphatic heterocycles. The third kappa shape index (κ3) is 4.67. The van der Waals surface area contributed by atoms with Gasteiger partial charge in [0.1, 0.15) is 5.75 Å². The lowest BCUT2D eigenvalue weighted by Crippen LogP contribution is -2.30. The zero-order valence-corrected chi connectivity index (χ0v) is 16.1. The molecule has 1 atom stereocenters. The van der Waals surface area contributed by atoms with Crippen LogP contribution >= 0.6 is 0 Å². The van der Waals surface area contributed by atoms with Gasteiger partial charge in [0.05, 0.1) is 13.0 Å². The molecule has 2 aromatic carbocycles. The van der Waals surface area contributed by atoms with Crippen LogP contribution in [-0.2, 0) is 16.0 Å². The van der Waals surface area contributed by atoms with E-state index in [1.807, 2.05) is 56.3 Å². The van der Waals surface area contributed by atoms with E-state index < -0.39 is 0 Å². The molecule has 5 nitrogen and oxygen atoms in total. The third-order valence-corrected chi connectivity index (χ3v) is 5.03. The lowest BCUT2D eigenvalue weighted by molar-refractivity contribution is -0.128. The molecule has 0 saturated carbocycles. The van der Waals surface area contributed by atoms with Crippen molar-refractivity contribution in [3.63, 3.8) is 0 Å². The predicted octanol–water partition coefficient (Wildman–Crippen LogP) is 3.34. The van der Waals surface area contributed by atoms with Crippen molar-refractivity contribution in [3.05, 3.63) is 59.2 Å². The van der Waals surface area contributed by atoms with Gasteiger partial charge in [-0.05, 0) is 49.6 Å². The second kappa shape index (κ2) is 8.25. The van der Waals surface area contributed by atoms with Gasteiger partial charge in [-0.15, -0.1) is 0 Å². The number of hydrogen-bond donors (Lipinski definition) is 1. The maximum Gasteiger partial charge on any atom is 0.229 e. The smallest absolute Gasteiger partial charge is 0.229 e. The van der Waals surface area contributed by atoms with Crippen LogP contribution in [0.15, 0.2) is 42.5 Å². The molecule has 1 fully saturated rings. The molecule has 0 spiro atoms. The van der Waals surface area contributed by atoms with E-state index in [1.54, 1.807) is 12.0 Å². The van der Waals surface area contributed by atoms with E-state index in [-0.39, 0.29) is 24.2 Å². The quantitative estimate of drug-likeness (QED) is 0.853. The standard InChI is InChI=1S/C22H26N2O3/c1-15-7-8-20(16(2)11-15)23-22(26)18-13-21(25)24(14-18)10-9-17-5-4-6-19(12-17)27-3/h4-8,11-12,18H,9-10,13-14H2,1-3H3,(H,23,26). The van der Waals surface area contributed by atoms with Gasteiger partial charge in [-0.2, -0.15) is 0 Å². The zero-order chi connectivity index (χ0) is 19.4. The van der Waals surface area contributed by atoms with Gasteiger partial charge in [0, 0.05) is 25.2 Å². The van der Waals surface area contributed by atoms with Crippen LogP contribution in [0.1, 0.15) is 23.1 Å². The van der Waals surface area contributed by atoms with Crippen LogP contribution in [0.5, 0.6) is 5.75 Å². The van der Waals surface area contributed by atoms with Gasteiger partial charge in [-0.25, -0.2) is 0 Å². The van der Waals surface area contributed by atoms with E-state index in [2.05, 4.69) is 5.32 Å². The number of aryl methyl sites for hydroxylation is 2. The summed E-state index contributed by atoms with van der Waals surface area (Å²) in [6, 6.07) is 13.8. The molecule has 0 bridgehead atoms. The lowest BCUT2D eigenvalue weighted by Gasteiger charge is -2.17. The fraction of sp³-hybridized carbons (Fsp3) is 0.364. The van der Waals surface area contributed by atoms with Gasteiger partial charge in [-0.3, -0.25) is 9.59 Å². The van der Waals surface area contributed by atoms with E-state index in [4.69, 9.17) is 4.74 Å². The normalized spacial score (nSPS) is 16.5. The predicted molar refractivity (Wildman–Crippen MR) is 106 cm³/mol. The van der Waals surface area contributed by atoms with Crippen LogP contribution < -0.4 is 10.1 Å². The van der Waals surface area contributed by atoms with Crippen LogP contribution in [0.4, 0.5) is 5.69 Å². The molecule has 0 radical (unpaired) electrons. The number of methoxy groups -OCH3 is 1. The minimum Gasteiger partial charge on any atom is -0.497 e. The Morgan fingerprint density at radius 3 is 2.78 bits per heavy atom. The highest BCUT2D eigenvalue weighted by molar-refractivity contribution is 5.97. The molecule has 27 heavy (non-hydrogen) atoms. The number of likely N-dealkylation sites (tertiary alicyclic amines) is 1. The Bertz CT molecular complexity index is 847. The first kappa shape index (κ1) is 19.0. The number of nitrogens with zero attached hydrogens (tertiary/aromatic N) is 1. The summed E-state index contributed by atoms with van der Waals surface area (Å²) in [5, 5.41) is 2.97. The summed E-state index contributed by atoms with van der Waals surface area (Å²) in [6.07, 6.45) is 1.02. The van der Waals surface area contributed by atoms with Crippen molar-refractivity contribution in [1.29, 1.82) is 0 Å². The molecule has 0 aromatic heterocycles. The van der Waals surface area contributed by atoms with Crippen LogP contribution in [0.3, 0.4) is 0 Å². The Hall–Kier alpha value is -2.82. The Morgan fingerprint density at radius 2 is 2.04 bits per heavy atom. The monoisotopic (exact) mass is 366 g/mol. The van der Waals surface area contributed by atoms with Gasteiger partial charge >= 0.3 is 0 Å². The highest BCUT2D eigenvalue weighted by Crippen LogP contribution is 2.23. The molecular weight excluding hydrogens is 340 g/mol. The number of carbonyl (C=O) groups is 2. The molecule has 1 saturated heterocycles. The van der Waals surface area contributed by atoms with Gasteiger partial charge in [0.15, 0.2) is 0 Å². The van der Waals surface area contributed by atoms with Crippen molar-refractivity contribution in [2.45, 2.75) is 26.7 Å². The molecule has 3 rings (SSSR count). The number of amides is 2. The summed E-state index contributed by atoms with van der Waals surface area (Å²) < 4.78 is 5.24. The number of rotatable bonds is 6. The minimum atomic E-state index is -0.302. The summed E-state index contributed by atoms with van der Waals surface area (Å²) in [6.45, 7) is 5.08. The van der Waals surface area contributed by atoms with Gasteiger partial charge < -0.3 is 15.0 Å². The van der Waals surface area contributed by atoms with Crippen LogP contribution in [0.25, 0.3) is 0 Å². The highest BCUT2D eigenvalue weighted by Gasteiger charge is 2.34. The van der Waals surface area contributed by atoms with Gasteiger partial charge in [0.2, 0.25) is 11.8 Å². The average molecular weight is 366 g/mol. The first-order chi connectivity index (χ1) is 13.0. The number of nitrogens with one attached hydrogen (secondary N) is 1. The van der Waals surface area contributed by atoms with Gasteiger partial charge in [0.25, 0.3) is 0 Å². The lowest BCUT2D eigenvalue weighted by atomic mass is 10.1. The molecule has 2 aromatic rings. The summed E-state index contributed by atoms with van der Waals surface area (Å²) in [5.74, 6) is 0.465. The van der Waals surface area contributed by atoms with E-state index in [9.17, 15) is 9.59 Å². The number of anilines is 1. The Kier molecular flexibility index (Phi) is 5.79. The number of carbonyl (C=O) groups excluding carboxylic acids is 2. The molecule has 1 unspecified atom stereocenters. The molecule has 5 heteroatoms. The first-order valence-electron chi connectivity index (χ1n) is 9.25. The molecule has 2 amide bonds. The number of hydrogen-bond acceptors (Lipinski definition) is 3. The number of ether oxygens (including phenoxy) is 1. The molecule has 1 heterocycles. The van der Waals surface area contributed by atoms with E-state index >= 15 is 0 Å². The van der Waals surface area contributed by atoms with Crippen LogP contribution in [0.2, 0.25) is 0 Å². The topological polar surface area (TPSA) is 58.6 Å². The molecular formula is C22H26N2O3. The highest BCUT2D eigenvalue weighted by atomic mass is 16.5. The van der Waals surface area contributed by atoms with Crippen molar-refractivity contribution in [2.75, 3.05) is 25.5 Å². The van der Waals surface area contributed by atoms with Crippen molar-refractivity contribution in [1.82, 2.24) is 4.90 Å². The molecule has 1 N–H and O–H groups in total. The first-order valence-corrected chi connectivity index (χ1v) is 9.25. The Balaban J connectivity index is 1.57. The van der Waals surface area contributed by atoms with Crippen molar-refractivity contribution in [3.8, 4) is 5.75 Å². The van der Waals surface area contributed by atoms with Gasteiger partial charge in [-0.1, -0.05) is 29.8 Å². The fourth-order valence-corrected chi connectivity index (χ4v) is 3.44. The van der Waals surface area contributed by atoms with Crippen molar-refractivity contribution >= 4 is 17.5 Å². The summed E-state index contributed by atoms with van der Waals surface area (Å²) >= 11 is 0. The second-order valence-corrected chi connectivity index (χ2v) is 7.15. The Morgan fingerprint density at radius 1 is 1.22 bits per heavy atom. The van der Waals surface area contributed by atoms with Crippen molar-refractivity contribution in [2.24, 2.45) is 5.92 Å². The van der Waals surface area contributed by atoms with Crippen LogP contribution in [-0.4, -0.2) is 36.9 Å². The van der Waals surface area contributed by atoms with E-state index in [1.165, 1.54) is 0 Å². The van der Waals surface area contributed by atoms with Crippen LogP contribution in [0, 0.1) is 19.8 Å². The summed E-state index contributed by atoms with van der Waals surface area (Å²) in [5.41, 5.74) is 4.12. The SMILES string of the molecule is COc1cccc(CCN2CC(C(=O)Nc3ccc(C)cc3C)CC2=O)c1. The second-order valence-electron chi connectivity index (χ2n) is 7.15. The average Bonchev–Trinajstić information content (AvgIpc) is 3.03. The van der Waals surface area contributed by atoms with E-state index in [0.717, 1.165) is 34.5 Å². The fourth-order valence-electron chi connectivity index (χ4n) is 3.44. The molecule has 142 valence electrons. The molecule has 1 aliphatic rings. The number of benzene rings is 2. The third-order valence-electron chi connectivity index (χ3n) is 5.03. The largest absolute Gasteiger partial charge is 0.497 e. The summed E-state index contributed by atoms with van der Waals surface area (Å²) in [7, 11) is 1.64. The minimum absolute atomic E-state index is 0.0404. The maximum absolute atomic E-state index is 12.6.